The van der Waals surface area contributed by atoms with Crippen molar-refractivity contribution in [3.8, 4) is 0 Å². The Bertz CT molecular complexity index is 404. The Hall–Kier alpha value is -1.57. The predicted molar refractivity (Wildman–Crippen MR) is 55.9 cm³/mol. The Balaban J connectivity index is 2.61. The van der Waals surface area contributed by atoms with E-state index in [1.54, 1.807) is 0 Å². The molecule has 0 aliphatic heterocycles. The first-order valence-corrected chi connectivity index (χ1v) is 4.48. The van der Waals surface area contributed by atoms with E-state index in [9.17, 15) is 0 Å². The lowest BCUT2D eigenvalue weighted by molar-refractivity contribution is 1.22. The van der Waals surface area contributed by atoms with Gasteiger partial charge in [0.1, 0.15) is 0 Å². The molecule has 1 heterocycles. The lowest BCUT2D eigenvalue weighted by atomic mass is 10.1. The monoisotopic (exact) mass is 172 g/mol. The van der Waals surface area contributed by atoms with Crippen LogP contribution in [0.4, 0.5) is 5.69 Å². The van der Waals surface area contributed by atoms with Gasteiger partial charge in [-0.2, -0.15) is 0 Å². The van der Waals surface area contributed by atoms with Crippen LogP contribution in [0.3, 0.4) is 0 Å². The molecule has 0 radical (unpaired) electrons. The Morgan fingerprint density at radius 1 is 1.31 bits per heavy atom. The molecule has 0 fully saturated rings. The Morgan fingerprint density at radius 2 is 2.23 bits per heavy atom. The number of anilines is 1. The molecule has 0 saturated carbocycles. The predicted octanol–water partition coefficient (Wildman–Crippen LogP) is 2.67. The van der Waals surface area contributed by atoms with Crippen molar-refractivity contribution in [3.05, 3.63) is 36.7 Å². The zero-order valence-corrected chi connectivity index (χ0v) is 7.62. The highest BCUT2D eigenvalue weighted by molar-refractivity contribution is 5.93. The summed E-state index contributed by atoms with van der Waals surface area (Å²) in [5.41, 5.74) is 1.18. The molecule has 1 N–H and O–H groups in total. The summed E-state index contributed by atoms with van der Waals surface area (Å²) in [6.07, 6.45) is 3.71. The van der Waals surface area contributed by atoms with Crippen LogP contribution in [0.2, 0.25) is 0 Å². The molecule has 1 aromatic carbocycles. The average Bonchev–Trinajstić information content (AvgIpc) is 2.19. The number of hydrogen-bond donors (Lipinski definition) is 1. The molecule has 2 heteroatoms. The number of rotatable bonds is 2. The van der Waals surface area contributed by atoms with Gasteiger partial charge in [0, 0.05) is 35.4 Å². The van der Waals surface area contributed by atoms with Crippen molar-refractivity contribution < 1.29 is 0 Å². The van der Waals surface area contributed by atoms with E-state index >= 15 is 0 Å². The van der Waals surface area contributed by atoms with Crippen LogP contribution in [0.1, 0.15) is 6.92 Å². The van der Waals surface area contributed by atoms with Gasteiger partial charge >= 0.3 is 0 Å². The van der Waals surface area contributed by atoms with Crippen LogP contribution in [0.15, 0.2) is 36.7 Å². The standard InChI is InChI=1S/C11H12N2/c1-2-13-11-5-3-4-9-8-12-7-6-10(9)11/h3-8,13H,2H2,1H3. The molecule has 2 aromatic rings. The molecular weight excluding hydrogens is 160 g/mol. The van der Waals surface area contributed by atoms with Gasteiger partial charge in [-0.25, -0.2) is 0 Å². The van der Waals surface area contributed by atoms with Crippen LogP contribution in [-0.2, 0) is 0 Å². The second-order valence-corrected chi connectivity index (χ2v) is 2.93. The summed E-state index contributed by atoms with van der Waals surface area (Å²) >= 11 is 0. The number of fused-ring (bicyclic) bond motifs is 1. The smallest absolute Gasteiger partial charge is 0.0420 e. The van der Waals surface area contributed by atoms with Crippen molar-refractivity contribution in [2.24, 2.45) is 0 Å². The molecule has 0 aliphatic rings. The highest BCUT2D eigenvalue weighted by Gasteiger charge is 1.97. The molecule has 0 bridgehead atoms. The third-order valence-corrected chi connectivity index (χ3v) is 2.05. The van der Waals surface area contributed by atoms with E-state index in [2.05, 4.69) is 29.4 Å². The largest absolute Gasteiger partial charge is 0.385 e. The molecule has 66 valence electrons. The van der Waals surface area contributed by atoms with Gasteiger partial charge in [-0.3, -0.25) is 4.98 Å². The summed E-state index contributed by atoms with van der Waals surface area (Å²) in [5.74, 6) is 0. The van der Waals surface area contributed by atoms with Gasteiger partial charge in [0.2, 0.25) is 0 Å². The topological polar surface area (TPSA) is 24.9 Å². The van der Waals surface area contributed by atoms with Gasteiger partial charge in [-0.1, -0.05) is 12.1 Å². The fourth-order valence-corrected chi connectivity index (χ4v) is 1.47. The van der Waals surface area contributed by atoms with Crippen molar-refractivity contribution in [1.29, 1.82) is 0 Å². The molecule has 0 spiro atoms. The van der Waals surface area contributed by atoms with Gasteiger partial charge < -0.3 is 5.32 Å². The maximum absolute atomic E-state index is 4.09. The van der Waals surface area contributed by atoms with E-state index in [0.29, 0.717) is 0 Å². The maximum Gasteiger partial charge on any atom is 0.0420 e. The van der Waals surface area contributed by atoms with Gasteiger partial charge in [0.15, 0.2) is 0 Å². The molecule has 0 unspecified atom stereocenters. The van der Waals surface area contributed by atoms with Crippen molar-refractivity contribution in [2.75, 3.05) is 11.9 Å². The first-order valence-electron chi connectivity index (χ1n) is 4.48. The quantitative estimate of drug-likeness (QED) is 0.753. The van der Waals surface area contributed by atoms with Crippen LogP contribution in [0.25, 0.3) is 10.8 Å². The number of nitrogens with one attached hydrogen (secondary N) is 1. The van der Waals surface area contributed by atoms with E-state index in [1.165, 1.54) is 16.5 Å². The van der Waals surface area contributed by atoms with E-state index in [-0.39, 0.29) is 0 Å². The minimum Gasteiger partial charge on any atom is -0.385 e. The van der Waals surface area contributed by atoms with E-state index in [1.807, 2.05) is 24.5 Å². The maximum atomic E-state index is 4.09. The first-order chi connectivity index (χ1) is 6.42. The van der Waals surface area contributed by atoms with Gasteiger partial charge in [-0.05, 0) is 19.1 Å². The summed E-state index contributed by atoms with van der Waals surface area (Å²) < 4.78 is 0. The zero-order chi connectivity index (χ0) is 9.10. The van der Waals surface area contributed by atoms with Crippen LogP contribution >= 0.6 is 0 Å². The molecule has 2 rings (SSSR count). The van der Waals surface area contributed by atoms with Crippen LogP contribution in [0.5, 0.6) is 0 Å². The van der Waals surface area contributed by atoms with Crippen molar-refractivity contribution >= 4 is 16.5 Å². The van der Waals surface area contributed by atoms with Gasteiger partial charge in [0.25, 0.3) is 0 Å². The fraction of sp³-hybridized carbons (Fsp3) is 0.182. The second-order valence-electron chi connectivity index (χ2n) is 2.93. The fourth-order valence-electron chi connectivity index (χ4n) is 1.47. The van der Waals surface area contributed by atoms with E-state index < -0.39 is 0 Å². The molecule has 0 atom stereocenters. The van der Waals surface area contributed by atoms with Crippen LogP contribution in [-0.4, -0.2) is 11.5 Å². The summed E-state index contributed by atoms with van der Waals surface area (Å²) in [4.78, 5) is 4.09. The molecule has 0 amide bonds. The molecule has 1 aromatic heterocycles. The minimum atomic E-state index is 0.946. The summed E-state index contributed by atoms with van der Waals surface area (Å²) in [5, 5.41) is 5.74. The molecule has 13 heavy (non-hydrogen) atoms. The molecule has 0 saturated heterocycles. The normalized spacial score (nSPS) is 10.2. The average molecular weight is 172 g/mol. The Kier molecular flexibility index (Phi) is 2.13. The minimum absolute atomic E-state index is 0.946. The zero-order valence-electron chi connectivity index (χ0n) is 7.62. The lowest BCUT2D eigenvalue weighted by Crippen LogP contribution is -1.96. The SMILES string of the molecule is CCNc1cccc2cnccc12. The molecular formula is C11H12N2. The van der Waals surface area contributed by atoms with Crippen LogP contribution in [0, 0.1) is 0 Å². The Morgan fingerprint density at radius 3 is 3.08 bits per heavy atom. The molecule has 0 aliphatic carbocycles. The number of pyridine rings is 1. The summed E-state index contributed by atoms with van der Waals surface area (Å²) in [7, 11) is 0. The summed E-state index contributed by atoms with van der Waals surface area (Å²) in [6, 6.07) is 8.24. The number of hydrogen-bond acceptors (Lipinski definition) is 2. The van der Waals surface area contributed by atoms with Crippen molar-refractivity contribution in [2.45, 2.75) is 6.92 Å². The number of benzene rings is 1. The summed E-state index contributed by atoms with van der Waals surface area (Å²) in [6.45, 7) is 3.04. The second kappa shape index (κ2) is 3.44. The highest BCUT2D eigenvalue weighted by atomic mass is 14.9. The molecule has 2 nitrogen and oxygen atoms in total. The Labute approximate surface area is 77.6 Å². The first kappa shape index (κ1) is 8.05. The van der Waals surface area contributed by atoms with Gasteiger partial charge in [0.05, 0.1) is 0 Å². The van der Waals surface area contributed by atoms with E-state index in [4.69, 9.17) is 0 Å². The van der Waals surface area contributed by atoms with Gasteiger partial charge in [-0.15, -0.1) is 0 Å². The number of nitrogens with zero attached hydrogens (tertiary/aromatic N) is 1. The third-order valence-electron chi connectivity index (χ3n) is 2.05. The van der Waals surface area contributed by atoms with Crippen molar-refractivity contribution in [3.63, 3.8) is 0 Å². The van der Waals surface area contributed by atoms with Crippen LogP contribution < -0.4 is 5.32 Å². The lowest BCUT2D eigenvalue weighted by Gasteiger charge is -2.06. The number of aromatic nitrogens is 1. The van der Waals surface area contributed by atoms with E-state index in [0.717, 1.165) is 6.54 Å². The third kappa shape index (κ3) is 1.47. The van der Waals surface area contributed by atoms with Crippen molar-refractivity contribution in [1.82, 2.24) is 4.98 Å². The highest BCUT2D eigenvalue weighted by Crippen LogP contribution is 2.21.